The Balaban J connectivity index is 1.26. The third kappa shape index (κ3) is 4.74. The van der Waals surface area contributed by atoms with Gasteiger partial charge in [-0.1, -0.05) is 12.1 Å². The van der Waals surface area contributed by atoms with E-state index in [1.807, 2.05) is 0 Å². The number of imide groups is 1. The number of fused-ring (bicyclic) bond motifs is 1. The van der Waals surface area contributed by atoms with Crippen molar-refractivity contribution in [2.75, 3.05) is 14.9 Å². The van der Waals surface area contributed by atoms with Crippen LogP contribution in [0.2, 0.25) is 0 Å². The highest BCUT2D eigenvalue weighted by atomic mass is 32.2. The number of amides is 3. The summed E-state index contributed by atoms with van der Waals surface area (Å²) in [6, 6.07) is 19.8. The second-order valence-corrected chi connectivity index (χ2v) is 10.2. The highest BCUT2D eigenvalue weighted by Crippen LogP contribution is 2.28. The highest BCUT2D eigenvalue weighted by Gasteiger charge is 2.36. The predicted molar refractivity (Wildman–Crippen MR) is 141 cm³/mol. The SMILES string of the molecule is Cc1cc(NS(=O)(=O)c2ccc(NC(=O)c3ccc(N4C(=O)c5ccccc5C4=O)cc3)cc2)nc(C)n1. The molecule has 38 heavy (non-hydrogen) atoms. The van der Waals surface area contributed by atoms with E-state index in [-0.39, 0.29) is 10.7 Å². The summed E-state index contributed by atoms with van der Waals surface area (Å²) in [7, 11) is -3.90. The summed E-state index contributed by atoms with van der Waals surface area (Å²) in [5.41, 5.74) is 2.32. The minimum absolute atomic E-state index is 0.00489. The number of aryl methyl sites for hydroxylation is 2. The smallest absolute Gasteiger partial charge is 0.266 e. The third-order valence-electron chi connectivity index (χ3n) is 5.81. The fourth-order valence-corrected chi connectivity index (χ4v) is 5.06. The van der Waals surface area contributed by atoms with E-state index in [1.165, 1.54) is 54.6 Å². The fraction of sp³-hybridized carbons (Fsp3) is 0.0741. The maximum Gasteiger partial charge on any atom is 0.266 e. The van der Waals surface area contributed by atoms with Crippen LogP contribution in [-0.2, 0) is 10.0 Å². The second kappa shape index (κ2) is 9.52. The lowest BCUT2D eigenvalue weighted by Crippen LogP contribution is -2.29. The number of sulfonamides is 1. The zero-order valence-electron chi connectivity index (χ0n) is 20.3. The van der Waals surface area contributed by atoms with Gasteiger partial charge in [-0.05, 0) is 74.5 Å². The molecular formula is C27H21N5O5S. The Morgan fingerprint density at radius 3 is 2.00 bits per heavy atom. The van der Waals surface area contributed by atoms with Crippen molar-refractivity contribution in [3.8, 4) is 0 Å². The van der Waals surface area contributed by atoms with Crippen molar-refractivity contribution in [2.45, 2.75) is 18.7 Å². The molecule has 5 rings (SSSR count). The molecule has 10 nitrogen and oxygen atoms in total. The third-order valence-corrected chi connectivity index (χ3v) is 7.18. The number of carbonyl (C=O) groups is 3. The molecule has 3 amide bonds. The lowest BCUT2D eigenvalue weighted by molar-refractivity contribution is 0.0925. The molecule has 190 valence electrons. The number of rotatable bonds is 6. The van der Waals surface area contributed by atoms with Gasteiger partial charge < -0.3 is 5.32 Å². The van der Waals surface area contributed by atoms with Gasteiger partial charge >= 0.3 is 0 Å². The molecule has 0 aliphatic carbocycles. The van der Waals surface area contributed by atoms with Crippen LogP contribution in [0.3, 0.4) is 0 Å². The molecule has 0 radical (unpaired) electrons. The molecule has 0 saturated heterocycles. The van der Waals surface area contributed by atoms with Gasteiger partial charge in [-0.25, -0.2) is 23.3 Å². The molecule has 1 aliphatic rings. The number of nitrogens with zero attached hydrogens (tertiary/aromatic N) is 3. The summed E-state index contributed by atoms with van der Waals surface area (Å²) in [6.45, 7) is 3.41. The molecule has 0 fully saturated rings. The van der Waals surface area contributed by atoms with Crippen molar-refractivity contribution in [1.29, 1.82) is 0 Å². The summed E-state index contributed by atoms with van der Waals surface area (Å²) in [5, 5.41) is 2.70. The molecule has 0 bridgehead atoms. The number of nitrogens with one attached hydrogen (secondary N) is 2. The number of benzene rings is 3. The first-order valence-electron chi connectivity index (χ1n) is 11.5. The summed E-state index contributed by atoms with van der Waals surface area (Å²) in [6.07, 6.45) is 0. The van der Waals surface area contributed by atoms with Crippen LogP contribution in [0.25, 0.3) is 0 Å². The Labute approximate surface area is 218 Å². The number of carbonyl (C=O) groups excluding carboxylic acids is 3. The summed E-state index contributed by atoms with van der Waals surface area (Å²) in [4.78, 5) is 47.4. The molecule has 0 atom stereocenters. The molecule has 0 spiro atoms. The van der Waals surface area contributed by atoms with Crippen LogP contribution in [0.4, 0.5) is 17.2 Å². The lowest BCUT2D eigenvalue weighted by atomic mass is 10.1. The first-order chi connectivity index (χ1) is 18.1. The Bertz CT molecular complexity index is 1650. The van der Waals surface area contributed by atoms with Crippen molar-refractivity contribution in [3.63, 3.8) is 0 Å². The standard InChI is InChI=1S/C27H21N5O5S/c1-16-15-24(29-17(2)28-16)31-38(36,37)21-13-9-19(10-14-21)30-25(33)18-7-11-20(12-8-18)32-26(34)22-5-3-4-6-23(22)27(32)35/h3-15H,1-2H3,(H,30,33)(H,28,29,31). The normalized spacial score (nSPS) is 12.8. The van der Waals surface area contributed by atoms with Crippen molar-refractivity contribution in [2.24, 2.45) is 0 Å². The van der Waals surface area contributed by atoms with Crippen molar-refractivity contribution in [3.05, 3.63) is 107 Å². The molecule has 1 aliphatic heterocycles. The zero-order chi connectivity index (χ0) is 27.0. The molecule has 2 heterocycles. The van der Waals surface area contributed by atoms with Crippen LogP contribution in [0.15, 0.2) is 83.8 Å². The number of anilines is 3. The average molecular weight is 528 g/mol. The van der Waals surface area contributed by atoms with Gasteiger partial charge in [0.15, 0.2) is 0 Å². The highest BCUT2D eigenvalue weighted by molar-refractivity contribution is 7.92. The largest absolute Gasteiger partial charge is 0.322 e. The summed E-state index contributed by atoms with van der Waals surface area (Å²) >= 11 is 0. The van der Waals surface area contributed by atoms with Crippen molar-refractivity contribution < 1.29 is 22.8 Å². The minimum atomic E-state index is -3.90. The van der Waals surface area contributed by atoms with Crippen LogP contribution in [0, 0.1) is 13.8 Å². The van der Waals surface area contributed by atoms with E-state index in [1.54, 1.807) is 38.1 Å². The first kappa shape index (κ1) is 24.8. The molecule has 2 N–H and O–H groups in total. The average Bonchev–Trinajstić information content (AvgIpc) is 3.13. The van der Waals surface area contributed by atoms with Crippen LogP contribution in [0.1, 0.15) is 42.6 Å². The van der Waals surface area contributed by atoms with E-state index in [9.17, 15) is 22.8 Å². The van der Waals surface area contributed by atoms with E-state index in [0.29, 0.717) is 39.6 Å². The van der Waals surface area contributed by atoms with E-state index >= 15 is 0 Å². The molecule has 3 aromatic carbocycles. The number of hydrogen-bond donors (Lipinski definition) is 2. The molecule has 11 heteroatoms. The molecule has 0 unspecified atom stereocenters. The number of aromatic nitrogens is 2. The summed E-state index contributed by atoms with van der Waals surface area (Å²) < 4.78 is 27.9. The Morgan fingerprint density at radius 2 is 1.42 bits per heavy atom. The number of hydrogen-bond acceptors (Lipinski definition) is 7. The van der Waals surface area contributed by atoms with Crippen LogP contribution in [0.5, 0.6) is 0 Å². The second-order valence-electron chi connectivity index (χ2n) is 8.56. The fourth-order valence-electron chi connectivity index (χ4n) is 4.07. The van der Waals surface area contributed by atoms with Crippen LogP contribution >= 0.6 is 0 Å². The van der Waals surface area contributed by atoms with Gasteiger partial charge in [0.1, 0.15) is 11.6 Å². The van der Waals surface area contributed by atoms with Crippen molar-refractivity contribution in [1.82, 2.24) is 9.97 Å². The first-order valence-corrected chi connectivity index (χ1v) is 12.9. The molecule has 0 saturated carbocycles. The van der Waals surface area contributed by atoms with Gasteiger partial charge in [0.2, 0.25) is 0 Å². The van der Waals surface area contributed by atoms with Crippen LogP contribution < -0.4 is 14.9 Å². The monoisotopic (exact) mass is 527 g/mol. The Kier molecular flexibility index (Phi) is 6.21. The predicted octanol–water partition coefficient (Wildman–Crippen LogP) is 3.95. The minimum Gasteiger partial charge on any atom is -0.322 e. The van der Waals surface area contributed by atoms with Crippen LogP contribution in [-0.4, -0.2) is 36.1 Å². The van der Waals surface area contributed by atoms with Gasteiger partial charge in [0, 0.05) is 23.0 Å². The molecule has 1 aromatic heterocycles. The molecule has 4 aromatic rings. The van der Waals surface area contributed by atoms with E-state index in [0.717, 1.165) is 4.90 Å². The van der Waals surface area contributed by atoms with Gasteiger partial charge in [-0.3, -0.25) is 19.1 Å². The van der Waals surface area contributed by atoms with E-state index in [2.05, 4.69) is 20.0 Å². The summed E-state index contributed by atoms with van der Waals surface area (Å²) in [5.74, 6) is -0.677. The quantitative estimate of drug-likeness (QED) is 0.362. The Morgan fingerprint density at radius 1 is 0.816 bits per heavy atom. The van der Waals surface area contributed by atoms with Gasteiger partial charge in [0.05, 0.1) is 21.7 Å². The van der Waals surface area contributed by atoms with Crippen molar-refractivity contribution >= 4 is 44.9 Å². The van der Waals surface area contributed by atoms with Gasteiger partial charge in [-0.15, -0.1) is 0 Å². The van der Waals surface area contributed by atoms with Gasteiger partial charge in [-0.2, -0.15) is 0 Å². The van der Waals surface area contributed by atoms with E-state index in [4.69, 9.17) is 0 Å². The van der Waals surface area contributed by atoms with Gasteiger partial charge in [0.25, 0.3) is 27.7 Å². The van der Waals surface area contributed by atoms with E-state index < -0.39 is 27.7 Å². The maximum atomic E-state index is 12.7. The topological polar surface area (TPSA) is 138 Å². The maximum absolute atomic E-state index is 12.7. The Hall–Kier alpha value is -4.90. The lowest BCUT2D eigenvalue weighted by Gasteiger charge is -2.14. The zero-order valence-corrected chi connectivity index (χ0v) is 21.1. The molecular weight excluding hydrogens is 506 g/mol.